The van der Waals surface area contributed by atoms with Gasteiger partial charge >= 0.3 is 0 Å². The largest absolute Gasteiger partial charge is 0.303 e. The first-order valence-corrected chi connectivity index (χ1v) is 5.22. The molecule has 2 atom stereocenters. The maximum atomic E-state index is 10.5. The van der Waals surface area contributed by atoms with Gasteiger partial charge in [-0.25, -0.2) is 0 Å². The minimum Gasteiger partial charge on any atom is -0.303 e. The molecule has 0 amide bonds. The third-order valence-corrected chi connectivity index (χ3v) is 3.27. The maximum absolute atomic E-state index is 10.5. The molecular formula is C12H16O. The Hall–Kier alpha value is -0.850. The van der Waals surface area contributed by atoms with Gasteiger partial charge in [0.15, 0.2) is 0 Å². The number of aldehydes is 1. The maximum Gasteiger partial charge on any atom is 0.120 e. The molecule has 0 spiro atoms. The zero-order chi connectivity index (χ0) is 9.10. The van der Waals surface area contributed by atoms with Crippen LogP contribution in [0.4, 0.5) is 0 Å². The molecule has 13 heavy (non-hydrogen) atoms. The van der Waals surface area contributed by atoms with Crippen LogP contribution < -0.4 is 0 Å². The summed E-state index contributed by atoms with van der Waals surface area (Å²) in [5.41, 5.74) is 1.54. The predicted octanol–water partition coefficient (Wildman–Crippen LogP) is 2.88. The average molecular weight is 176 g/mol. The summed E-state index contributed by atoms with van der Waals surface area (Å²) >= 11 is 0. The lowest BCUT2D eigenvalue weighted by Gasteiger charge is -2.32. The Morgan fingerprint density at radius 3 is 3.23 bits per heavy atom. The Morgan fingerprint density at radius 1 is 1.46 bits per heavy atom. The standard InChI is InChI=1S/C12H16O/c13-9-8-11-6-3-5-10-4-1-2-7-12(10)11/h1-2,7,9-11H,3-6,8H2. The average Bonchev–Trinajstić information content (AvgIpc) is 2.19. The molecule has 0 bridgehead atoms. The zero-order valence-corrected chi connectivity index (χ0v) is 7.91. The van der Waals surface area contributed by atoms with E-state index in [1.54, 1.807) is 5.57 Å². The number of rotatable bonds is 2. The lowest BCUT2D eigenvalue weighted by atomic mass is 9.72. The molecule has 2 unspecified atom stereocenters. The van der Waals surface area contributed by atoms with Crippen molar-refractivity contribution >= 4 is 6.29 Å². The fraction of sp³-hybridized carbons (Fsp3) is 0.583. The van der Waals surface area contributed by atoms with Gasteiger partial charge < -0.3 is 4.79 Å². The van der Waals surface area contributed by atoms with Crippen molar-refractivity contribution in [2.45, 2.75) is 32.1 Å². The molecule has 2 aliphatic carbocycles. The molecule has 1 heteroatoms. The predicted molar refractivity (Wildman–Crippen MR) is 53.4 cm³/mol. The van der Waals surface area contributed by atoms with Gasteiger partial charge in [0, 0.05) is 6.42 Å². The van der Waals surface area contributed by atoms with Gasteiger partial charge in [-0.15, -0.1) is 0 Å². The second-order valence-corrected chi connectivity index (χ2v) is 4.06. The lowest BCUT2D eigenvalue weighted by molar-refractivity contribution is -0.108. The number of hydrogen-bond acceptors (Lipinski definition) is 1. The Morgan fingerprint density at radius 2 is 2.38 bits per heavy atom. The molecule has 0 aromatic heterocycles. The van der Waals surface area contributed by atoms with Crippen LogP contribution in [0, 0.1) is 11.8 Å². The topological polar surface area (TPSA) is 17.1 Å². The van der Waals surface area contributed by atoms with E-state index in [2.05, 4.69) is 18.2 Å². The molecule has 0 radical (unpaired) electrons. The van der Waals surface area contributed by atoms with Gasteiger partial charge in [-0.2, -0.15) is 0 Å². The van der Waals surface area contributed by atoms with Crippen LogP contribution in [0.5, 0.6) is 0 Å². The summed E-state index contributed by atoms with van der Waals surface area (Å²) in [7, 11) is 0. The van der Waals surface area contributed by atoms with Crippen LogP contribution in [0.3, 0.4) is 0 Å². The molecule has 0 aromatic rings. The third-order valence-electron chi connectivity index (χ3n) is 3.27. The van der Waals surface area contributed by atoms with Gasteiger partial charge in [0.25, 0.3) is 0 Å². The molecule has 0 heterocycles. The van der Waals surface area contributed by atoms with E-state index in [-0.39, 0.29) is 0 Å². The monoisotopic (exact) mass is 176 g/mol. The highest BCUT2D eigenvalue weighted by atomic mass is 16.1. The number of carbonyl (C=O) groups excluding carboxylic acids is 1. The first kappa shape index (κ1) is 8.74. The summed E-state index contributed by atoms with van der Waals surface area (Å²) in [5.74, 6) is 1.31. The highest BCUT2D eigenvalue weighted by Gasteiger charge is 2.26. The van der Waals surface area contributed by atoms with Gasteiger partial charge in [0.1, 0.15) is 6.29 Å². The second-order valence-electron chi connectivity index (χ2n) is 4.06. The van der Waals surface area contributed by atoms with E-state index in [4.69, 9.17) is 0 Å². The van der Waals surface area contributed by atoms with Crippen molar-refractivity contribution in [3.8, 4) is 0 Å². The van der Waals surface area contributed by atoms with Crippen molar-refractivity contribution in [1.82, 2.24) is 0 Å². The van der Waals surface area contributed by atoms with Crippen LogP contribution in [0.15, 0.2) is 23.8 Å². The molecule has 1 nitrogen and oxygen atoms in total. The Balaban J connectivity index is 2.14. The Bertz CT molecular complexity index is 250. The van der Waals surface area contributed by atoms with Crippen molar-refractivity contribution in [3.63, 3.8) is 0 Å². The quantitative estimate of drug-likeness (QED) is 0.591. The SMILES string of the molecule is O=CCC1CCCC2CC=CC=C12. The van der Waals surface area contributed by atoms with E-state index in [1.807, 2.05) is 0 Å². The minimum atomic E-state index is 0.557. The van der Waals surface area contributed by atoms with Crippen LogP contribution in [-0.4, -0.2) is 6.29 Å². The molecule has 70 valence electrons. The van der Waals surface area contributed by atoms with Crippen molar-refractivity contribution < 1.29 is 4.79 Å². The van der Waals surface area contributed by atoms with Gasteiger partial charge in [0.2, 0.25) is 0 Å². The first-order valence-electron chi connectivity index (χ1n) is 5.22. The molecule has 0 N–H and O–H groups in total. The smallest absolute Gasteiger partial charge is 0.120 e. The van der Waals surface area contributed by atoms with E-state index >= 15 is 0 Å². The summed E-state index contributed by atoms with van der Waals surface area (Å²) in [5, 5.41) is 0. The van der Waals surface area contributed by atoms with Gasteiger partial charge in [-0.05, 0) is 31.1 Å². The molecule has 0 aliphatic heterocycles. The number of hydrogen-bond donors (Lipinski definition) is 0. The normalized spacial score (nSPS) is 32.2. The van der Waals surface area contributed by atoms with E-state index in [0.717, 1.165) is 18.6 Å². The molecule has 0 saturated heterocycles. The van der Waals surface area contributed by atoms with E-state index in [1.165, 1.54) is 25.7 Å². The molecule has 2 aliphatic rings. The van der Waals surface area contributed by atoms with Gasteiger partial charge in [-0.3, -0.25) is 0 Å². The summed E-state index contributed by atoms with van der Waals surface area (Å²) in [6, 6.07) is 0. The fourth-order valence-corrected chi connectivity index (χ4v) is 2.60. The van der Waals surface area contributed by atoms with E-state index in [9.17, 15) is 4.79 Å². The fourth-order valence-electron chi connectivity index (χ4n) is 2.60. The van der Waals surface area contributed by atoms with Crippen LogP contribution in [-0.2, 0) is 4.79 Å². The lowest BCUT2D eigenvalue weighted by Crippen LogP contribution is -2.20. The van der Waals surface area contributed by atoms with Crippen molar-refractivity contribution in [2.24, 2.45) is 11.8 Å². The molecule has 0 aromatic carbocycles. The Kier molecular flexibility index (Phi) is 2.62. The van der Waals surface area contributed by atoms with Crippen LogP contribution >= 0.6 is 0 Å². The summed E-state index contributed by atoms with van der Waals surface area (Å²) < 4.78 is 0. The Labute approximate surface area is 79.5 Å². The molecule has 1 fully saturated rings. The van der Waals surface area contributed by atoms with Gasteiger partial charge in [0.05, 0.1) is 0 Å². The first-order chi connectivity index (χ1) is 6.42. The van der Waals surface area contributed by atoms with Gasteiger partial charge in [-0.1, -0.05) is 30.2 Å². The van der Waals surface area contributed by atoms with Crippen LogP contribution in [0.25, 0.3) is 0 Å². The highest BCUT2D eigenvalue weighted by molar-refractivity contribution is 5.51. The van der Waals surface area contributed by atoms with E-state index < -0.39 is 0 Å². The van der Waals surface area contributed by atoms with Crippen LogP contribution in [0.1, 0.15) is 32.1 Å². The number of fused-ring (bicyclic) bond motifs is 1. The summed E-state index contributed by atoms with van der Waals surface area (Å²) in [6.45, 7) is 0. The zero-order valence-electron chi connectivity index (χ0n) is 7.91. The van der Waals surface area contributed by atoms with Crippen molar-refractivity contribution in [1.29, 1.82) is 0 Å². The third kappa shape index (κ3) is 1.74. The molecule has 2 rings (SSSR count). The van der Waals surface area contributed by atoms with Crippen molar-refractivity contribution in [3.05, 3.63) is 23.8 Å². The van der Waals surface area contributed by atoms with Crippen molar-refractivity contribution in [2.75, 3.05) is 0 Å². The number of allylic oxidation sites excluding steroid dienone is 4. The highest BCUT2D eigenvalue weighted by Crippen LogP contribution is 2.39. The molecule has 1 saturated carbocycles. The molecular weight excluding hydrogens is 160 g/mol. The van der Waals surface area contributed by atoms with Crippen LogP contribution in [0.2, 0.25) is 0 Å². The number of carbonyl (C=O) groups is 1. The summed E-state index contributed by atoms with van der Waals surface area (Å²) in [6.07, 6.45) is 13.5. The van der Waals surface area contributed by atoms with E-state index in [0.29, 0.717) is 5.92 Å². The summed E-state index contributed by atoms with van der Waals surface area (Å²) in [4.78, 5) is 10.5. The second kappa shape index (κ2) is 3.91. The minimum absolute atomic E-state index is 0.557.